The lowest BCUT2D eigenvalue weighted by molar-refractivity contribution is -0.128. The smallest absolute Gasteiger partial charge is 0.226 e. The molecular weight excluding hydrogens is 677 g/mol. The average molecular weight is 743 g/mol. The maximum atomic E-state index is 12.7. The molecule has 292 valence electrons. The van der Waals surface area contributed by atoms with E-state index in [1.807, 2.05) is 53.4 Å². The van der Waals surface area contributed by atoms with Gasteiger partial charge < -0.3 is 15.2 Å². The molecule has 3 rings (SSSR count). The van der Waals surface area contributed by atoms with Crippen molar-refractivity contribution in [1.82, 2.24) is 9.38 Å². The molecule has 0 atom stereocenters. The Hall–Kier alpha value is -3.28. The molecular formula is C41H66N4O6S. The average Bonchev–Trinajstić information content (AvgIpc) is 3.50. The zero-order valence-electron chi connectivity index (χ0n) is 32.4. The molecule has 10 nitrogen and oxygen atoms in total. The van der Waals surface area contributed by atoms with Crippen molar-refractivity contribution < 1.29 is 27.4 Å². The minimum Gasteiger partial charge on any atom is -0.748 e. The zero-order valence-corrected chi connectivity index (χ0v) is 33.2. The van der Waals surface area contributed by atoms with Crippen LogP contribution in [0.25, 0.3) is 0 Å². The van der Waals surface area contributed by atoms with Crippen LogP contribution in [0, 0.1) is 0 Å². The third kappa shape index (κ3) is 19.0. The number of nitrogens with zero attached hydrogens (tertiary/aromatic N) is 2. The molecule has 0 unspecified atom stereocenters. The van der Waals surface area contributed by atoms with Crippen LogP contribution in [-0.2, 0) is 24.5 Å². The van der Waals surface area contributed by atoms with Gasteiger partial charge in [0.2, 0.25) is 17.7 Å². The van der Waals surface area contributed by atoms with Crippen LogP contribution in [-0.4, -0.2) is 62.1 Å². The summed E-state index contributed by atoms with van der Waals surface area (Å²) in [7, 11) is -1.79. The Morgan fingerprint density at radius 1 is 0.673 bits per heavy atom. The van der Waals surface area contributed by atoms with Crippen LogP contribution in [0.3, 0.4) is 0 Å². The van der Waals surface area contributed by atoms with Crippen LogP contribution in [0.1, 0.15) is 142 Å². The highest BCUT2D eigenvalue weighted by Gasteiger charge is 2.34. The number of nitrogens with one attached hydrogen (secondary N) is 2. The van der Waals surface area contributed by atoms with Crippen LogP contribution in [0.4, 0.5) is 22.7 Å². The van der Waals surface area contributed by atoms with Gasteiger partial charge in [-0.3, -0.25) is 19.3 Å². The van der Waals surface area contributed by atoms with Gasteiger partial charge in [0.25, 0.3) is 0 Å². The highest BCUT2D eigenvalue weighted by Crippen LogP contribution is 2.35. The van der Waals surface area contributed by atoms with Crippen molar-refractivity contribution in [3.8, 4) is 0 Å². The molecule has 2 aromatic rings. The van der Waals surface area contributed by atoms with Gasteiger partial charge in [0.1, 0.15) is 11.4 Å². The first-order valence-corrected chi connectivity index (χ1v) is 21.5. The lowest BCUT2D eigenvalue weighted by Crippen LogP contribution is -2.49. The number of carbonyl (C=O) groups is 3. The van der Waals surface area contributed by atoms with Crippen molar-refractivity contribution in [2.24, 2.45) is 0 Å². The second-order valence-corrected chi connectivity index (χ2v) is 15.8. The first kappa shape index (κ1) is 44.9. The van der Waals surface area contributed by atoms with E-state index in [4.69, 9.17) is 13.0 Å². The molecule has 0 spiro atoms. The summed E-state index contributed by atoms with van der Waals surface area (Å²) in [4.78, 5) is 39.8. The highest BCUT2D eigenvalue weighted by molar-refractivity contribution is 7.84. The predicted octanol–water partition coefficient (Wildman–Crippen LogP) is 9.64. The Labute approximate surface area is 314 Å². The third-order valence-electron chi connectivity index (χ3n) is 9.58. The molecule has 0 radical (unpaired) electrons. The Morgan fingerprint density at radius 2 is 1.02 bits per heavy atom. The summed E-state index contributed by atoms with van der Waals surface area (Å²) < 4.78 is 27.6. The number of amides is 3. The van der Waals surface area contributed by atoms with E-state index in [1.165, 1.54) is 77.0 Å². The number of hydrogen-bond donors (Lipinski definition) is 2. The molecule has 3 amide bonds. The number of rotatable bonds is 24. The van der Waals surface area contributed by atoms with Crippen molar-refractivity contribution >= 4 is 50.6 Å². The fraction of sp³-hybridized carbons (Fsp3) is 0.634. The van der Waals surface area contributed by atoms with Gasteiger partial charge in [-0.15, -0.1) is 0 Å². The number of benzene rings is 2. The first-order chi connectivity index (χ1) is 24.9. The summed E-state index contributed by atoms with van der Waals surface area (Å²) in [5.41, 5.74) is 3.63. The van der Waals surface area contributed by atoms with Crippen molar-refractivity contribution in [3.63, 3.8) is 0 Å². The van der Waals surface area contributed by atoms with Crippen molar-refractivity contribution in [3.05, 3.63) is 48.5 Å². The molecule has 1 saturated heterocycles. The van der Waals surface area contributed by atoms with E-state index in [2.05, 4.69) is 31.5 Å². The number of likely N-dealkylation sites (tertiary alicyclic amines) is 1. The van der Waals surface area contributed by atoms with Crippen LogP contribution >= 0.6 is 0 Å². The van der Waals surface area contributed by atoms with E-state index in [-0.39, 0.29) is 17.7 Å². The Morgan fingerprint density at radius 3 is 1.35 bits per heavy atom. The van der Waals surface area contributed by atoms with Gasteiger partial charge in [0, 0.05) is 67.7 Å². The van der Waals surface area contributed by atoms with E-state index >= 15 is 0 Å². The molecule has 1 heterocycles. The molecule has 1 fully saturated rings. The summed E-state index contributed by atoms with van der Waals surface area (Å²) in [5, 5.41) is 6.13. The second kappa shape index (κ2) is 24.9. The molecule has 0 aromatic heterocycles. The summed E-state index contributed by atoms with van der Waals surface area (Å²) in [6.07, 6.45) is 22.6. The largest absolute Gasteiger partial charge is 0.748 e. The SMILES string of the molecule is CCCCCCCCCCC(=O)Nc1ccc([N+](C)(CN2CCCC2=O)c2ccc(NC(=O)CCCCCCCCCC)cc2)cc1.CS(=O)(=O)[O-]. The normalized spacial score (nSPS) is 13.1. The molecule has 2 aromatic carbocycles. The number of quaternary nitrogens is 1. The van der Waals surface area contributed by atoms with Crippen LogP contribution in [0.5, 0.6) is 0 Å². The fourth-order valence-electron chi connectivity index (χ4n) is 6.54. The highest BCUT2D eigenvalue weighted by atomic mass is 32.2. The minimum atomic E-state index is -3.92. The molecule has 0 aliphatic carbocycles. The molecule has 11 heteroatoms. The second-order valence-electron chi connectivity index (χ2n) is 14.4. The zero-order chi connectivity index (χ0) is 38.2. The monoisotopic (exact) mass is 742 g/mol. The summed E-state index contributed by atoms with van der Waals surface area (Å²) in [6, 6.07) is 16.0. The third-order valence-corrected chi connectivity index (χ3v) is 9.58. The quantitative estimate of drug-likeness (QED) is 0.0625. The van der Waals surface area contributed by atoms with E-state index < -0.39 is 10.1 Å². The molecule has 52 heavy (non-hydrogen) atoms. The lowest BCUT2D eigenvalue weighted by Gasteiger charge is -2.36. The van der Waals surface area contributed by atoms with Crippen LogP contribution < -0.4 is 15.1 Å². The first-order valence-electron chi connectivity index (χ1n) is 19.7. The molecule has 1 aliphatic rings. The van der Waals surface area contributed by atoms with E-state index in [9.17, 15) is 14.4 Å². The van der Waals surface area contributed by atoms with Crippen LogP contribution in [0.15, 0.2) is 48.5 Å². The molecule has 0 bridgehead atoms. The number of unbranched alkanes of at least 4 members (excludes halogenated alkanes) is 14. The fourth-order valence-corrected chi connectivity index (χ4v) is 6.54. The molecule has 1 aliphatic heterocycles. The summed E-state index contributed by atoms with van der Waals surface area (Å²) in [6.45, 7) is 5.75. The van der Waals surface area contributed by atoms with E-state index in [0.29, 0.717) is 36.7 Å². The number of carbonyl (C=O) groups excluding carboxylic acids is 3. The van der Waals surface area contributed by atoms with Gasteiger partial charge in [-0.25, -0.2) is 12.9 Å². The maximum Gasteiger partial charge on any atom is 0.226 e. The number of hydrogen-bond acceptors (Lipinski definition) is 6. The lowest BCUT2D eigenvalue weighted by atomic mass is 10.1. The van der Waals surface area contributed by atoms with Gasteiger partial charge in [0.05, 0.1) is 17.2 Å². The van der Waals surface area contributed by atoms with Crippen molar-refractivity contribution in [1.29, 1.82) is 0 Å². The van der Waals surface area contributed by atoms with Gasteiger partial charge in [0.15, 0.2) is 6.67 Å². The molecule has 0 saturated carbocycles. The minimum absolute atomic E-state index is 0.0590. The van der Waals surface area contributed by atoms with Crippen molar-refractivity contribution in [2.75, 3.05) is 37.2 Å². The standard InChI is InChI=1S/C40H62N4O3.CH4O3S/c1-4-6-8-10-12-14-16-18-21-38(45)41-34-24-28-36(29-25-34)44(3,33-43-32-20-23-40(43)47)37-30-26-35(27-31-37)42-39(46)22-19-17-15-13-11-9-7-5-2;1-5(2,3)4/h24-31H,4-23,32-33H2,1-3H3,(H-,41,42,45,46);1H3,(H,2,3,4). The number of anilines is 2. The Kier molecular flexibility index (Phi) is 21.5. The maximum absolute atomic E-state index is 12.7. The van der Waals surface area contributed by atoms with E-state index in [1.54, 1.807) is 0 Å². The summed E-state index contributed by atoms with van der Waals surface area (Å²) in [5.74, 6) is 0.302. The van der Waals surface area contributed by atoms with Crippen LogP contribution in [0.2, 0.25) is 0 Å². The van der Waals surface area contributed by atoms with Crippen molar-refractivity contribution in [2.45, 2.75) is 142 Å². The summed E-state index contributed by atoms with van der Waals surface area (Å²) >= 11 is 0. The van der Waals surface area contributed by atoms with Gasteiger partial charge >= 0.3 is 0 Å². The topological polar surface area (TPSA) is 136 Å². The predicted molar refractivity (Wildman–Crippen MR) is 213 cm³/mol. The Balaban J connectivity index is 0.00000175. The Bertz CT molecular complexity index is 1340. The van der Waals surface area contributed by atoms with Gasteiger partial charge in [-0.2, -0.15) is 0 Å². The molecule has 2 N–H and O–H groups in total. The van der Waals surface area contributed by atoms with E-state index in [0.717, 1.165) is 61.4 Å². The van der Waals surface area contributed by atoms with Gasteiger partial charge in [-0.1, -0.05) is 104 Å². The van der Waals surface area contributed by atoms with Gasteiger partial charge in [-0.05, 0) is 43.5 Å².